The van der Waals surface area contributed by atoms with Gasteiger partial charge in [-0.25, -0.2) is 4.98 Å². The van der Waals surface area contributed by atoms with Crippen LogP contribution in [0.25, 0.3) is 0 Å². The lowest BCUT2D eigenvalue weighted by Gasteiger charge is -2.19. The predicted octanol–water partition coefficient (Wildman–Crippen LogP) is 2.53. The van der Waals surface area contributed by atoms with Crippen LogP contribution >= 0.6 is 0 Å². The number of aromatic nitrogens is 2. The maximum atomic E-state index is 4.24. The van der Waals surface area contributed by atoms with E-state index in [1.807, 2.05) is 19.3 Å². The van der Waals surface area contributed by atoms with Crippen molar-refractivity contribution in [2.24, 2.45) is 0 Å². The lowest BCUT2D eigenvalue weighted by Crippen LogP contribution is -2.31. The molecule has 2 unspecified atom stereocenters. The summed E-state index contributed by atoms with van der Waals surface area (Å²) in [6.45, 7) is 9.75. The molecule has 1 aromatic rings. The van der Waals surface area contributed by atoms with Crippen molar-refractivity contribution >= 4 is 0 Å². The molecule has 3 heteroatoms. The third kappa shape index (κ3) is 3.67. The van der Waals surface area contributed by atoms with E-state index in [2.05, 4.69) is 35.6 Å². The third-order valence-corrected chi connectivity index (χ3v) is 2.82. The van der Waals surface area contributed by atoms with Crippen molar-refractivity contribution in [3.8, 4) is 0 Å². The third-order valence-electron chi connectivity index (χ3n) is 2.82. The van der Waals surface area contributed by atoms with Crippen molar-refractivity contribution in [3.05, 3.63) is 18.2 Å². The van der Waals surface area contributed by atoms with Gasteiger partial charge in [0, 0.05) is 31.0 Å². The molecule has 0 spiro atoms. The van der Waals surface area contributed by atoms with Gasteiger partial charge in [-0.3, -0.25) is 0 Å². The van der Waals surface area contributed by atoms with Crippen LogP contribution in [0.4, 0.5) is 0 Å². The SMILES string of the molecule is CCCC(C)NCC(C)n1ccnc1C. The Bertz CT molecular complexity index is 280. The van der Waals surface area contributed by atoms with E-state index in [9.17, 15) is 0 Å². The van der Waals surface area contributed by atoms with Crippen molar-refractivity contribution in [1.82, 2.24) is 14.9 Å². The topological polar surface area (TPSA) is 29.9 Å². The van der Waals surface area contributed by atoms with Gasteiger partial charge < -0.3 is 9.88 Å². The minimum atomic E-state index is 0.479. The van der Waals surface area contributed by atoms with Crippen molar-refractivity contribution in [1.29, 1.82) is 0 Å². The minimum Gasteiger partial charge on any atom is -0.331 e. The van der Waals surface area contributed by atoms with Gasteiger partial charge in [-0.1, -0.05) is 13.3 Å². The Morgan fingerprint density at radius 3 is 2.73 bits per heavy atom. The highest BCUT2D eigenvalue weighted by molar-refractivity contribution is 4.91. The zero-order chi connectivity index (χ0) is 11.3. The zero-order valence-electron chi connectivity index (χ0n) is 10.3. The number of hydrogen-bond donors (Lipinski definition) is 1. The first kappa shape index (κ1) is 12.2. The Labute approximate surface area is 92.9 Å². The van der Waals surface area contributed by atoms with Crippen LogP contribution in [-0.2, 0) is 0 Å². The van der Waals surface area contributed by atoms with Crippen molar-refractivity contribution in [2.45, 2.75) is 52.6 Å². The molecular weight excluding hydrogens is 186 g/mol. The van der Waals surface area contributed by atoms with Gasteiger partial charge in [0.05, 0.1) is 0 Å². The Hall–Kier alpha value is -0.830. The Balaban J connectivity index is 2.36. The molecule has 86 valence electrons. The summed E-state index contributed by atoms with van der Waals surface area (Å²) in [5.41, 5.74) is 0. The Morgan fingerprint density at radius 2 is 2.20 bits per heavy atom. The summed E-state index contributed by atoms with van der Waals surface area (Å²) < 4.78 is 2.21. The fourth-order valence-corrected chi connectivity index (χ4v) is 1.86. The number of rotatable bonds is 6. The largest absolute Gasteiger partial charge is 0.331 e. The maximum Gasteiger partial charge on any atom is 0.105 e. The molecule has 0 saturated heterocycles. The van der Waals surface area contributed by atoms with E-state index in [1.54, 1.807) is 0 Å². The lowest BCUT2D eigenvalue weighted by atomic mass is 10.2. The van der Waals surface area contributed by atoms with E-state index >= 15 is 0 Å². The second-order valence-corrected chi connectivity index (χ2v) is 4.33. The van der Waals surface area contributed by atoms with Gasteiger partial charge in [0.25, 0.3) is 0 Å². The summed E-state index contributed by atoms with van der Waals surface area (Å²) in [6.07, 6.45) is 6.40. The van der Waals surface area contributed by atoms with E-state index in [1.165, 1.54) is 12.8 Å². The molecule has 0 aromatic carbocycles. The van der Waals surface area contributed by atoms with Gasteiger partial charge in [-0.2, -0.15) is 0 Å². The summed E-state index contributed by atoms with van der Waals surface area (Å²) in [5.74, 6) is 1.09. The van der Waals surface area contributed by atoms with E-state index < -0.39 is 0 Å². The highest BCUT2D eigenvalue weighted by atomic mass is 15.1. The van der Waals surface area contributed by atoms with Crippen molar-refractivity contribution in [3.63, 3.8) is 0 Å². The van der Waals surface area contributed by atoms with Crippen LogP contribution in [0.2, 0.25) is 0 Å². The fourth-order valence-electron chi connectivity index (χ4n) is 1.86. The van der Waals surface area contributed by atoms with Gasteiger partial charge in [-0.15, -0.1) is 0 Å². The number of hydrogen-bond acceptors (Lipinski definition) is 2. The van der Waals surface area contributed by atoms with Gasteiger partial charge >= 0.3 is 0 Å². The van der Waals surface area contributed by atoms with Crippen LogP contribution in [0, 0.1) is 6.92 Å². The summed E-state index contributed by atoms with van der Waals surface area (Å²) in [7, 11) is 0. The van der Waals surface area contributed by atoms with Crippen LogP contribution < -0.4 is 5.32 Å². The number of imidazole rings is 1. The molecule has 0 amide bonds. The molecule has 2 atom stereocenters. The van der Waals surface area contributed by atoms with Crippen LogP contribution in [0.3, 0.4) is 0 Å². The average Bonchev–Trinajstić information content (AvgIpc) is 2.61. The quantitative estimate of drug-likeness (QED) is 0.780. The lowest BCUT2D eigenvalue weighted by molar-refractivity contribution is 0.430. The number of aryl methyl sites for hydroxylation is 1. The van der Waals surface area contributed by atoms with Gasteiger partial charge in [-0.05, 0) is 27.2 Å². The number of nitrogens with one attached hydrogen (secondary N) is 1. The summed E-state index contributed by atoms with van der Waals surface area (Å²) in [5, 5.41) is 3.55. The Morgan fingerprint density at radius 1 is 1.47 bits per heavy atom. The second-order valence-electron chi connectivity index (χ2n) is 4.33. The highest BCUT2D eigenvalue weighted by Crippen LogP contribution is 2.07. The molecule has 1 aromatic heterocycles. The van der Waals surface area contributed by atoms with Crippen LogP contribution in [0.15, 0.2) is 12.4 Å². The van der Waals surface area contributed by atoms with Crippen molar-refractivity contribution < 1.29 is 0 Å². The van der Waals surface area contributed by atoms with E-state index in [4.69, 9.17) is 0 Å². The molecule has 0 radical (unpaired) electrons. The van der Waals surface area contributed by atoms with Crippen LogP contribution in [-0.4, -0.2) is 22.1 Å². The molecule has 0 bridgehead atoms. The van der Waals surface area contributed by atoms with Gasteiger partial charge in [0.2, 0.25) is 0 Å². The predicted molar refractivity (Wildman–Crippen MR) is 64.0 cm³/mol. The van der Waals surface area contributed by atoms with Crippen LogP contribution in [0.5, 0.6) is 0 Å². The molecular formula is C12H23N3. The van der Waals surface area contributed by atoms with Crippen LogP contribution in [0.1, 0.15) is 45.5 Å². The molecule has 3 nitrogen and oxygen atoms in total. The smallest absolute Gasteiger partial charge is 0.105 e. The number of nitrogens with zero attached hydrogens (tertiary/aromatic N) is 2. The first-order valence-corrected chi connectivity index (χ1v) is 5.88. The molecule has 0 saturated carbocycles. The normalized spacial score (nSPS) is 15.2. The zero-order valence-corrected chi connectivity index (χ0v) is 10.3. The standard InChI is InChI=1S/C12H23N3/c1-5-6-10(2)14-9-11(3)15-8-7-13-12(15)4/h7-8,10-11,14H,5-6,9H2,1-4H3. The van der Waals surface area contributed by atoms with Gasteiger partial charge in [0.15, 0.2) is 0 Å². The van der Waals surface area contributed by atoms with E-state index in [0.717, 1.165) is 12.4 Å². The first-order chi connectivity index (χ1) is 7.15. The summed E-state index contributed by atoms with van der Waals surface area (Å²) >= 11 is 0. The maximum absolute atomic E-state index is 4.24. The molecule has 0 fully saturated rings. The average molecular weight is 209 g/mol. The molecule has 15 heavy (non-hydrogen) atoms. The minimum absolute atomic E-state index is 0.479. The molecule has 0 aliphatic rings. The first-order valence-electron chi connectivity index (χ1n) is 5.88. The molecule has 1 heterocycles. The van der Waals surface area contributed by atoms with Gasteiger partial charge in [0.1, 0.15) is 5.82 Å². The molecule has 1 rings (SSSR count). The monoisotopic (exact) mass is 209 g/mol. The van der Waals surface area contributed by atoms with Crippen molar-refractivity contribution in [2.75, 3.05) is 6.54 Å². The molecule has 1 N–H and O–H groups in total. The van der Waals surface area contributed by atoms with E-state index in [0.29, 0.717) is 12.1 Å². The molecule has 0 aliphatic heterocycles. The summed E-state index contributed by atoms with van der Waals surface area (Å²) in [4.78, 5) is 4.24. The second kappa shape index (κ2) is 5.91. The highest BCUT2D eigenvalue weighted by Gasteiger charge is 2.08. The Kier molecular flexibility index (Phi) is 4.82. The molecule has 0 aliphatic carbocycles. The fraction of sp³-hybridized carbons (Fsp3) is 0.750. The summed E-state index contributed by atoms with van der Waals surface area (Å²) in [6, 6.07) is 1.09. The van der Waals surface area contributed by atoms with E-state index in [-0.39, 0.29) is 0 Å².